The van der Waals surface area contributed by atoms with Gasteiger partial charge < -0.3 is 19.5 Å². The molecule has 1 N–H and O–H groups in total. The van der Waals surface area contributed by atoms with Crippen LogP contribution in [0.2, 0.25) is 0 Å². The van der Waals surface area contributed by atoms with Crippen LogP contribution in [0, 0.1) is 5.92 Å². The topological polar surface area (TPSA) is 124 Å². The summed E-state index contributed by atoms with van der Waals surface area (Å²) in [7, 11) is 0. The van der Waals surface area contributed by atoms with Gasteiger partial charge in [-0.15, -0.1) is 0 Å². The number of unbranched alkanes of at least 4 members (excludes halogenated alkanes) is 25. The Bertz CT molecular complexity index is 1400. The average molecular weight is 950 g/mol. The van der Waals surface area contributed by atoms with Crippen molar-refractivity contribution in [2.45, 2.75) is 227 Å². The molecule has 0 saturated carbocycles. The fraction of sp³-hybridized carbons (Fsp3) is 0.741. The quantitative estimate of drug-likeness (QED) is 0.0227. The summed E-state index contributed by atoms with van der Waals surface area (Å²) in [5.41, 5.74) is 1.39. The first kappa shape index (κ1) is 62.1. The molecule has 0 spiro atoms. The van der Waals surface area contributed by atoms with E-state index in [9.17, 15) is 19.2 Å². The molecule has 388 valence electrons. The van der Waals surface area contributed by atoms with E-state index in [1.165, 1.54) is 116 Å². The van der Waals surface area contributed by atoms with Gasteiger partial charge in [-0.05, 0) is 94.2 Å². The molecule has 68 heavy (non-hydrogen) atoms. The van der Waals surface area contributed by atoms with Crippen molar-refractivity contribution in [2.24, 2.45) is 10.9 Å². The maximum Gasteiger partial charge on any atom is 0.410 e. The van der Waals surface area contributed by atoms with E-state index in [0.717, 1.165) is 93.9 Å². The summed E-state index contributed by atoms with van der Waals surface area (Å²) in [6.45, 7) is 9.43. The summed E-state index contributed by atoms with van der Waals surface area (Å²) in [6.07, 6.45) is 46.9. The van der Waals surface area contributed by atoms with E-state index in [0.29, 0.717) is 18.0 Å². The lowest BCUT2D eigenvalue weighted by Crippen LogP contribution is -2.41. The number of carbonyl (C=O) groups excluding carboxylic acids is 4. The number of carbonyl (C=O) groups is 4. The minimum Gasteiger partial charge on any atom is -0.464 e. The lowest BCUT2D eigenvalue weighted by atomic mass is 10.1. The van der Waals surface area contributed by atoms with E-state index in [4.69, 9.17) is 14.2 Å². The number of esters is 2. The molecule has 0 heterocycles. The van der Waals surface area contributed by atoms with Crippen LogP contribution in [0.15, 0.2) is 53.6 Å². The maximum atomic E-state index is 13.1. The molecule has 10 nitrogen and oxygen atoms in total. The molecule has 0 bridgehead atoms. The van der Waals surface area contributed by atoms with Crippen LogP contribution in [0.1, 0.15) is 243 Å². The molecule has 10 heteroatoms. The molecular weight excluding hydrogens is 851 g/mol. The Morgan fingerprint density at radius 2 is 0.956 bits per heavy atom. The number of allylic oxidation sites excluding steroid dienone is 4. The molecule has 1 aromatic carbocycles. The number of benzene rings is 1. The van der Waals surface area contributed by atoms with Crippen molar-refractivity contribution in [1.29, 1.82) is 0 Å². The first-order valence-corrected chi connectivity index (χ1v) is 27.7. The Balaban J connectivity index is 2.44. The minimum atomic E-state index is -0.803. The van der Waals surface area contributed by atoms with Crippen LogP contribution in [0.5, 0.6) is 0 Å². The van der Waals surface area contributed by atoms with E-state index in [1.807, 2.05) is 12.1 Å². The van der Waals surface area contributed by atoms with Gasteiger partial charge in [0.1, 0.15) is 19.7 Å². The van der Waals surface area contributed by atoms with Crippen molar-refractivity contribution < 1.29 is 33.4 Å². The molecule has 0 aromatic heterocycles. The second-order valence-corrected chi connectivity index (χ2v) is 19.1. The second-order valence-electron chi connectivity index (χ2n) is 19.1. The largest absolute Gasteiger partial charge is 0.464 e. The van der Waals surface area contributed by atoms with Gasteiger partial charge in [0.05, 0.1) is 19.8 Å². The number of hydrogen-bond acceptors (Lipinski definition) is 8. The molecule has 0 radical (unpaired) electrons. The van der Waals surface area contributed by atoms with Gasteiger partial charge in [-0.3, -0.25) is 24.3 Å². The van der Waals surface area contributed by atoms with Gasteiger partial charge in [0, 0.05) is 18.3 Å². The van der Waals surface area contributed by atoms with E-state index in [1.54, 1.807) is 18.3 Å². The number of aliphatic imine (C=N–C) groups is 1. The van der Waals surface area contributed by atoms with Crippen LogP contribution in [0.4, 0.5) is 4.79 Å². The monoisotopic (exact) mass is 950 g/mol. The van der Waals surface area contributed by atoms with Gasteiger partial charge >= 0.3 is 18.0 Å². The highest BCUT2D eigenvalue weighted by Gasteiger charge is 2.23. The first-order chi connectivity index (χ1) is 33.3. The molecule has 1 rings (SSSR count). The Hall–Kier alpha value is -3.95. The van der Waals surface area contributed by atoms with Crippen molar-refractivity contribution in [1.82, 2.24) is 10.2 Å². The third-order valence-electron chi connectivity index (χ3n) is 12.1. The van der Waals surface area contributed by atoms with Gasteiger partial charge in [0.25, 0.3) is 5.91 Å². The van der Waals surface area contributed by atoms with Gasteiger partial charge in [0.15, 0.2) is 0 Å². The summed E-state index contributed by atoms with van der Waals surface area (Å²) in [5.74, 6) is -0.606. The fourth-order valence-corrected chi connectivity index (χ4v) is 7.81. The molecule has 0 atom stereocenters. The van der Waals surface area contributed by atoms with E-state index in [2.05, 4.69) is 62.3 Å². The third kappa shape index (κ3) is 40.0. The molecule has 2 amide bonds. The molecule has 0 saturated heterocycles. The Labute approximate surface area is 415 Å². The minimum absolute atomic E-state index is 0.0435. The maximum absolute atomic E-state index is 13.1. The van der Waals surface area contributed by atoms with Crippen LogP contribution in [-0.2, 0) is 23.8 Å². The predicted octanol–water partition coefficient (Wildman–Crippen LogP) is 15.3. The second kappa shape index (κ2) is 46.8. The first-order valence-electron chi connectivity index (χ1n) is 27.7. The number of nitrogens with one attached hydrogen (secondary N) is 1. The molecule has 0 aliphatic rings. The molecule has 0 unspecified atom stereocenters. The average Bonchev–Trinajstić information content (AvgIpc) is 3.33. The number of rotatable bonds is 46. The summed E-state index contributed by atoms with van der Waals surface area (Å²) in [4.78, 5) is 56.7. The van der Waals surface area contributed by atoms with E-state index >= 15 is 0 Å². The van der Waals surface area contributed by atoms with Crippen LogP contribution >= 0.6 is 0 Å². The van der Waals surface area contributed by atoms with Crippen LogP contribution in [-0.4, -0.2) is 81.1 Å². The number of hydrogen-bond donors (Lipinski definition) is 1. The third-order valence-corrected chi connectivity index (χ3v) is 12.1. The highest BCUT2D eigenvalue weighted by Crippen LogP contribution is 2.13. The zero-order valence-corrected chi connectivity index (χ0v) is 43.9. The number of ether oxygens (including phenoxy) is 3. The Morgan fingerprint density at radius 3 is 1.40 bits per heavy atom. The fourth-order valence-electron chi connectivity index (χ4n) is 7.81. The SMILES string of the molecule is CCCCCCCCC=CCCCCCCCCOC(=O)CN(CC(=O)OCCCCCCCCC=CCCCCCCCC)C(=O)OCCN=Cc1ccc(C(=O)NCCCCC(C)C)cc1. The van der Waals surface area contributed by atoms with Crippen molar-refractivity contribution >= 4 is 30.2 Å². The standard InChI is InChI=1S/C58H99N3O7/c1-5-7-9-11-13-15-17-19-21-23-25-27-29-31-33-37-46-66-55(62)50-61(51-56(63)67-47-38-34-32-30-28-26-24-22-20-18-16-14-12-10-8-6-2)58(65)68-48-45-59-49-53-40-42-54(43-41-53)57(64)60-44-36-35-39-52(3)4/h19-22,40-43,49,52H,5-18,23-39,44-48,50-51H2,1-4H3,(H,60,64). The van der Waals surface area contributed by atoms with Crippen molar-refractivity contribution in [3.63, 3.8) is 0 Å². The van der Waals surface area contributed by atoms with E-state index in [-0.39, 0.29) is 32.3 Å². The number of amides is 2. The molecule has 1 aromatic rings. The lowest BCUT2D eigenvalue weighted by molar-refractivity contribution is -0.148. The van der Waals surface area contributed by atoms with E-state index < -0.39 is 31.1 Å². The van der Waals surface area contributed by atoms with Crippen molar-refractivity contribution in [3.8, 4) is 0 Å². The lowest BCUT2D eigenvalue weighted by Gasteiger charge is -2.20. The van der Waals surface area contributed by atoms with Crippen molar-refractivity contribution in [2.75, 3.05) is 46.0 Å². The van der Waals surface area contributed by atoms with Gasteiger partial charge in [-0.2, -0.15) is 0 Å². The van der Waals surface area contributed by atoms with Crippen LogP contribution < -0.4 is 5.32 Å². The van der Waals surface area contributed by atoms with Gasteiger partial charge in [-0.1, -0.05) is 193 Å². The summed E-state index contributed by atoms with van der Waals surface area (Å²) < 4.78 is 16.4. The zero-order valence-electron chi connectivity index (χ0n) is 43.9. The Kier molecular flexibility index (Phi) is 42.7. The Morgan fingerprint density at radius 1 is 0.529 bits per heavy atom. The summed E-state index contributed by atoms with van der Waals surface area (Å²) >= 11 is 0. The highest BCUT2D eigenvalue weighted by atomic mass is 16.6. The zero-order chi connectivity index (χ0) is 49.4. The van der Waals surface area contributed by atoms with Crippen LogP contribution in [0.25, 0.3) is 0 Å². The van der Waals surface area contributed by atoms with Crippen molar-refractivity contribution in [3.05, 3.63) is 59.7 Å². The summed E-state index contributed by atoms with van der Waals surface area (Å²) in [5, 5.41) is 2.98. The highest BCUT2D eigenvalue weighted by molar-refractivity contribution is 5.95. The van der Waals surface area contributed by atoms with Gasteiger partial charge in [-0.25, -0.2) is 4.79 Å². The molecule has 0 aliphatic heterocycles. The van der Waals surface area contributed by atoms with Gasteiger partial charge in [0.2, 0.25) is 0 Å². The smallest absolute Gasteiger partial charge is 0.410 e. The summed E-state index contributed by atoms with van der Waals surface area (Å²) in [6, 6.07) is 7.16. The predicted molar refractivity (Wildman–Crippen MR) is 284 cm³/mol. The number of nitrogens with zero attached hydrogens (tertiary/aromatic N) is 2. The molecule has 0 aliphatic carbocycles. The molecule has 0 fully saturated rings. The van der Waals surface area contributed by atoms with Crippen LogP contribution in [0.3, 0.4) is 0 Å². The normalized spacial score (nSPS) is 11.6. The molecular formula is C58H99N3O7.